The minimum Gasteiger partial charge on any atom is -0.483 e. The topological polar surface area (TPSA) is 105 Å². The molecule has 0 saturated carbocycles. The van der Waals surface area contributed by atoms with Crippen LogP contribution in [0.3, 0.4) is 0 Å². The summed E-state index contributed by atoms with van der Waals surface area (Å²) in [6.45, 7) is 1.95. The lowest BCUT2D eigenvalue weighted by Crippen LogP contribution is -2.10. The number of nitrogens with zero attached hydrogens (tertiary/aromatic N) is 2. The number of benzene rings is 2. The van der Waals surface area contributed by atoms with E-state index in [1.54, 1.807) is 24.3 Å². The van der Waals surface area contributed by atoms with E-state index in [0.29, 0.717) is 6.42 Å². The van der Waals surface area contributed by atoms with Crippen molar-refractivity contribution in [2.24, 2.45) is 0 Å². The van der Waals surface area contributed by atoms with Crippen molar-refractivity contribution in [2.45, 2.75) is 13.3 Å². The van der Waals surface area contributed by atoms with Crippen LogP contribution in [0.2, 0.25) is 0 Å². The third-order valence-electron chi connectivity index (χ3n) is 3.29. The summed E-state index contributed by atoms with van der Waals surface area (Å²) < 4.78 is 10.7. The maximum atomic E-state index is 11.1. The molecule has 2 aromatic carbocycles. The zero-order valence-corrected chi connectivity index (χ0v) is 13.0. The predicted molar refractivity (Wildman–Crippen MR) is 86.6 cm³/mol. The first-order chi connectivity index (χ1) is 11.5. The maximum absolute atomic E-state index is 11.1. The highest BCUT2D eigenvalue weighted by Gasteiger charge is 2.16. The van der Waals surface area contributed by atoms with Crippen LogP contribution in [0.5, 0.6) is 11.5 Å². The van der Waals surface area contributed by atoms with E-state index in [0.717, 1.165) is 5.56 Å². The Kier molecular flexibility index (Phi) is 5.67. The summed E-state index contributed by atoms with van der Waals surface area (Å²) in [5.74, 6) is 0.269. The quantitative estimate of drug-likeness (QED) is 0.416. The molecule has 126 valence electrons. The van der Waals surface area contributed by atoms with E-state index in [1.165, 1.54) is 18.2 Å². The predicted octanol–water partition coefficient (Wildman–Crippen LogP) is 3.52. The van der Waals surface area contributed by atoms with E-state index in [4.69, 9.17) is 9.47 Å². The summed E-state index contributed by atoms with van der Waals surface area (Å²) in [6, 6.07) is 10.8. The fourth-order valence-electron chi connectivity index (χ4n) is 2.08. The maximum Gasteiger partial charge on any atom is 0.311 e. The summed E-state index contributed by atoms with van der Waals surface area (Å²) in [5, 5.41) is 22.0. The van der Waals surface area contributed by atoms with Crippen molar-refractivity contribution in [3.8, 4) is 11.5 Å². The first-order valence-electron chi connectivity index (χ1n) is 7.29. The molecule has 0 aliphatic carbocycles. The van der Waals surface area contributed by atoms with Crippen LogP contribution in [-0.4, -0.2) is 23.1 Å². The molecule has 0 radical (unpaired) electrons. The zero-order chi connectivity index (χ0) is 17.5. The Bertz CT molecular complexity index is 747. The first-order valence-corrected chi connectivity index (χ1v) is 7.29. The second-order valence-corrected chi connectivity index (χ2v) is 4.83. The molecule has 2 rings (SSSR count). The number of rotatable bonds is 8. The van der Waals surface area contributed by atoms with Gasteiger partial charge < -0.3 is 9.47 Å². The van der Waals surface area contributed by atoms with Gasteiger partial charge in [-0.2, -0.15) is 0 Å². The molecule has 0 N–H and O–H groups in total. The monoisotopic (exact) mass is 332 g/mol. The third kappa shape index (κ3) is 4.19. The highest BCUT2D eigenvalue weighted by Crippen LogP contribution is 2.29. The molecule has 0 amide bonds. The van der Waals surface area contributed by atoms with Crippen molar-refractivity contribution in [2.75, 3.05) is 13.2 Å². The Hall–Kier alpha value is -3.16. The van der Waals surface area contributed by atoms with E-state index < -0.39 is 9.85 Å². The minimum atomic E-state index is -0.537. The van der Waals surface area contributed by atoms with Gasteiger partial charge in [-0.15, -0.1) is 0 Å². The molecule has 0 bridgehead atoms. The van der Waals surface area contributed by atoms with Crippen molar-refractivity contribution in [3.63, 3.8) is 0 Å². The Balaban J connectivity index is 1.98. The lowest BCUT2D eigenvalue weighted by Gasteiger charge is -2.09. The zero-order valence-electron chi connectivity index (χ0n) is 13.0. The molecule has 24 heavy (non-hydrogen) atoms. The lowest BCUT2D eigenvalue weighted by molar-refractivity contribution is -0.386. The van der Waals surface area contributed by atoms with Crippen molar-refractivity contribution in [3.05, 3.63) is 68.3 Å². The van der Waals surface area contributed by atoms with Crippen LogP contribution in [0.4, 0.5) is 11.4 Å². The molecule has 0 saturated heterocycles. The molecule has 0 fully saturated rings. The summed E-state index contributed by atoms with van der Waals surface area (Å²) in [6.07, 6.45) is 0.682. The van der Waals surface area contributed by atoms with E-state index in [-0.39, 0.29) is 36.1 Å². The van der Waals surface area contributed by atoms with E-state index >= 15 is 0 Å². The SMILES string of the molecule is CCc1ccc(OCCOc2ccccc2[N+](=O)[O-])c([N+](=O)[O-])c1. The summed E-state index contributed by atoms with van der Waals surface area (Å²) in [5.41, 5.74) is 0.584. The van der Waals surface area contributed by atoms with Gasteiger partial charge in [-0.3, -0.25) is 20.2 Å². The van der Waals surface area contributed by atoms with E-state index in [1.807, 2.05) is 6.92 Å². The Morgan fingerprint density at radius 3 is 2.04 bits per heavy atom. The second kappa shape index (κ2) is 7.91. The van der Waals surface area contributed by atoms with Crippen LogP contribution in [-0.2, 0) is 6.42 Å². The van der Waals surface area contributed by atoms with Crippen molar-refractivity contribution in [1.29, 1.82) is 0 Å². The molecule has 0 aliphatic heterocycles. The molecule has 8 nitrogen and oxygen atoms in total. The number of aryl methyl sites for hydroxylation is 1. The number of nitro benzene ring substituents is 2. The summed E-state index contributed by atoms with van der Waals surface area (Å²) in [4.78, 5) is 20.9. The fourth-order valence-corrected chi connectivity index (χ4v) is 2.08. The van der Waals surface area contributed by atoms with Gasteiger partial charge in [0.2, 0.25) is 0 Å². The van der Waals surface area contributed by atoms with Crippen molar-refractivity contribution >= 4 is 11.4 Å². The van der Waals surface area contributed by atoms with Crippen LogP contribution in [0, 0.1) is 20.2 Å². The van der Waals surface area contributed by atoms with Gasteiger partial charge in [0.25, 0.3) is 0 Å². The van der Waals surface area contributed by atoms with Gasteiger partial charge in [-0.1, -0.05) is 25.1 Å². The van der Waals surface area contributed by atoms with Gasteiger partial charge in [-0.05, 0) is 24.1 Å². The number of ether oxygens (including phenoxy) is 2. The Morgan fingerprint density at radius 1 is 0.875 bits per heavy atom. The van der Waals surface area contributed by atoms with Gasteiger partial charge in [-0.25, -0.2) is 0 Å². The van der Waals surface area contributed by atoms with Crippen LogP contribution in [0.15, 0.2) is 42.5 Å². The molecule has 2 aromatic rings. The Morgan fingerprint density at radius 2 is 1.46 bits per heavy atom. The molecular formula is C16H16N2O6. The minimum absolute atomic E-state index is 0.0253. The van der Waals surface area contributed by atoms with Crippen LogP contribution >= 0.6 is 0 Å². The first kappa shape index (κ1) is 17.2. The molecule has 0 spiro atoms. The second-order valence-electron chi connectivity index (χ2n) is 4.83. The van der Waals surface area contributed by atoms with Gasteiger partial charge in [0, 0.05) is 12.1 Å². The largest absolute Gasteiger partial charge is 0.483 e. The molecule has 0 atom stereocenters. The van der Waals surface area contributed by atoms with Gasteiger partial charge in [0.15, 0.2) is 11.5 Å². The normalized spacial score (nSPS) is 10.2. The Labute approximate surface area is 137 Å². The summed E-state index contributed by atoms with van der Waals surface area (Å²) >= 11 is 0. The molecule has 0 heterocycles. The van der Waals surface area contributed by atoms with Crippen LogP contribution in [0.25, 0.3) is 0 Å². The number of nitro groups is 2. The highest BCUT2D eigenvalue weighted by atomic mass is 16.6. The molecule has 0 aromatic heterocycles. The summed E-state index contributed by atoms with van der Waals surface area (Å²) in [7, 11) is 0. The van der Waals surface area contributed by atoms with Gasteiger partial charge in [0.05, 0.1) is 9.85 Å². The number of hydrogen-bond acceptors (Lipinski definition) is 6. The molecule has 0 aliphatic rings. The highest BCUT2D eigenvalue weighted by molar-refractivity contribution is 5.49. The standard InChI is InChI=1S/C16H16N2O6/c1-2-12-7-8-16(14(11-12)18(21)22)24-10-9-23-15-6-4-3-5-13(15)17(19)20/h3-8,11H,2,9-10H2,1H3. The van der Waals surface area contributed by atoms with Gasteiger partial charge in [0.1, 0.15) is 13.2 Å². The van der Waals surface area contributed by atoms with Gasteiger partial charge >= 0.3 is 11.4 Å². The van der Waals surface area contributed by atoms with E-state index in [9.17, 15) is 20.2 Å². The third-order valence-corrected chi connectivity index (χ3v) is 3.29. The fraction of sp³-hybridized carbons (Fsp3) is 0.250. The van der Waals surface area contributed by atoms with E-state index in [2.05, 4.69) is 0 Å². The van der Waals surface area contributed by atoms with Crippen LogP contribution in [0.1, 0.15) is 12.5 Å². The lowest BCUT2D eigenvalue weighted by atomic mass is 10.1. The van der Waals surface area contributed by atoms with Crippen LogP contribution < -0.4 is 9.47 Å². The molecular weight excluding hydrogens is 316 g/mol. The van der Waals surface area contributed by atoms with Crippen molar-refractivity contribution in [1.82, 2.24) is 0 Å². The van der Waals surface area contributed by atoms with Crippen molar-refractivity contribution < 1.29 is 19.3 Å². The number of hydrogen-bond donors (Lipinski definition) is 0. The average molecular weight is 332 g/mol. The smallest absolute Gasteiger partial charge is 0.311 e. The number of para-hydroxylation sites is 2. The average Bonchev–Trinajstić information content (AvgIpc) is 2.58. The molecule has 0 unspecified atom stereocenters. The molecule has 8 heteroatoms.